The number of hydrogen-bond donors (Lipinski definition) is 3. The number of Topliss-reactive ketones (excluding diaryl/α,β-unsaturated/α-hetero) is 1. The lowest BCUT2D eigenvalue weighted by molar-refractivity contribution is -0.131. The van der Waals surface area contributed by atoms with Gasteiger partial charge in [0.25, 0.3) is 5.78 Å². The molecule has 7 heteroatoms. The van der Waals surface area contributed by atoms with Crippen LogP contribution < -0.4 is 0 Å². The first-order valence-electron chi connectivity index (χ1n) is 3.53. The number of carbonyl (C=O) groups excluding carboxylic acids is 1. The van der Waals surface area contributed by atoms with Gasteiger partial charge in [-0.2, -0.15) is 0 Å². The molecule has 1 rings (SSSR count). The Kier molecular flexibility index (Phi) is 2.56. The fourth-order valence-electron chi connectivity index (χ4n) is 0.915. The minimum atomic E-state index is -2.10. The van der Waals surface area contributed by atoms with E-state index in [1.807, 2.05) is 0 Å². The second-order valence-electron chi connectivity index (χ2n) is 2.55. The van der Waals surface area contributed by atoms with Crippen molar-refractivity contribution in [1.29, 1.82) is 0 Å². The molecule has 0 saturated heterocycles. The van der Waals surface area contributed by atoms with Gasteiger partial charge in [-0.15, -0.1) is 0 Å². The van der Waals surface area contributed by atoms with Gasteiger partial charge in [0.2, 0.25) is 0 Å². The maximum atomic E-state index is 13.0. The number of hydrogen-bond acceptors (Lipinski definition) is 4. The highest BCUT2D eigenvalue weighted by atomic mass is 19.1. The van der Waals surface area contributed by atoms with E-state index in [9.17, 15) is 18.4 Å². The molecule has 3 N–H and O–H groups in total. The summed E-state index contributed by atoms with van der Waals surface area (Å²) in [5, 5.41) is 25.8. The number of aromatic hydroxyl groups is 2. The van der Waals surface area contributed by atoms with E-state index in [1.165, 1.54) is 0 Å². The summed E-state index contributed by atoms with van der Waals surface area (Å²) in [6, 6.07) is 0.323. The Labute approximate surface area is 81.2 Å². The minimum Gasteiger partial charge on any atom is -0.505 e. The highest BCUT2D eigenvalue weighted by Crippen LogP contribution is 2.29. The second-order valence-corrected chi connectivity index (χ2v) is 2.55. The third-order valence-corrected chi connectivity index (χ3v) is 1.58. The van der Waals surface area contributed by atoms with Crippen LogP contribution in [-0.4, -0.2) is 27.1 Å². The van der Waals surface area contributed by atoms with Gasteiger partial charge in [-0.25, -0.2) is 13.6 Å². The summed E-state index contributed by atoms with van der Waals surface area (Å²) in [7, 11) is 0. The number of carboxylic acids is 1. The van der Waals surface area contributed by atoms with Crippen molar-refractivity contribution >= 4 is 11.8 Å². The number of carboxylic acid groups (broad SMARTS) is 1. The molecular formula is C8H4F2O5. The molecule has 0 radical (unpaired) electrons. The molecule has 80 valence electrons. The van der Waals surface area contributed by atoms with Crippen LogP contribution in [0.15, 0.2) is 6.07 Å². The Balaban J connectivity index is 3.53. The van der Waals surface area contributed by atoms with Crippen molar-refractivity contribution < 1.29 is 33.7 Å². The van der Waals surface area contributed by atoms with Crippen LogP contribution in [0.25, 0.3) is 0 Å². The molecule has 0 aliphatic heterocycles. The molecule has 0 atom stereocenters. The summed E-state index contributed by atoms with van der Waals surface area (Å²) in [6.45, 7) is 0. The molecule has 15 heavy (non-hydrogen) atoms. The van der Waals surface area contributed by atoms with E-state index in [4.69, 9.17) is 15.3 Å². The predicted octanol–water partition coefficient (Wildman–Crippen LogP) is 0.643. The van der Waals surface area contributed by atoms with E-state index in [2.05, 4.69) is 0 Å². The fraction of sp³-hybridized carbons (Fsp3) is 0. The molecular weight excluding hydrogens is 214 g/mol. The Bertz CT molecular complexity index is 429. The van der Waals surface area contributed by atoms with Gasteiger partial charge in [0.05, 0.1) is 0 Å². The number of phenolic OH excluding ortho intramolecular Hbond substituents is 2. The van der Waals surface area contributed by atoms with Crippen LogP contribution in [0.2, 0.25) is 0 Å². The van der Waals surface area contributed by atoms with Crippen molar-refractivity contribution in [1.82, 2.24) is 0 Å². The molecule has 0 bridgehead atoms. The van der Waals surface area contributed by atoms with Crippen molar-refractivity contribution in [3.05, 3.63) is 23.3 Å². The normalized spacial score (nSPS) is 10.0. The van der Waals surface area contributed by atoms with Gasteiger partial charge in [0.1, 0.15) is 5.56 Å². The molecule has 0 spiro atoms. The van der Waals surface area contributed by atoms with Crippen LogP contribution in [0.5, 0.6) is 11.5 Å². The van der Waals surface area contributed by atoms with E-state index < -0.39 is 40.4 Å². The van der Waals surface area contributed by atoms with E-state index in [0.29, 0.717) is 6.07 Å². The summed E-state index contributed by atoms with van der Waals surface area (Å²) in [5.74, 6) is -9.86. The van der Waals surface area contributed by atoms with Crippen molar-refractivity contribution in [2.45, 2.75) is 0 Å². The largest absolute Gasteiger partial charge is 0.505 e. The Morgan fingerprint density at radius 2 is 1.47 bits per heavy atom. The lowest BCUT2D eigenvalue weighted by Crippen LogP contribution is -2.16. The van der Waals surface area contributed by atoms with Crippen LogP contribution in [-0.2, 0) is 4.79 Å². The van der Waals surface area contributed by atoms with Crippen molar-refractivity contribution in [2.75, 3.05) is 0 Å². The molecule has 0 unspecified atom stereocenters. The van der Waals surface area contributed by atoms with E-state index in [-0.39, 0.29) is 0 Å². The van der Waals surface area contributed by atoms with Gasteiger partial charge in [-0.1, -0.05) is 0 Å². The maximum Gasteiger partial charge on any atom is 0.377 e. The smallest absolute Gasteiger partial charge is 0.377 e. The molecule has 0 heterocycles. The Morgan fingerprint density at radius 1 is 1.07 bits per heavy atom. The van der Waals surface area contributed by atoms with Crippen LogP contribution in [0.1, 0.15) is 10.4 Å². The highest BCUT2D eigenvalue weighted by molar-refractivity contribution is 6.40. The summed E-state index contributed by atoms with van der Waals surface area (Å²) in [5.41, 5.74) is -1.50. The lowest BCUT2D eigenvalue weighted by Gasteiger charge is -2.04. The SMILES string of the molecule is O=C(O)C(=O)c1c(F)c(O)cc(O)c1F. The first-order valence-corrected chi connectivity index (χ1v) is 3.53. The topological polar surface area (TPSA) is 94.8 Å². The maximum absolute atomic E-state index is 13.0. The van der Waals surface area contributed by atoms with E-state index in [0.717, 1.165) is 0 Å². The summed E-state index contributed by atoms with van der Waals surface area (Å²) in [6.07, 6.45) is 0. The molecule has 1 aromatic carbocycles. The predicted molar refractivity (Wildman–Crippen MR) is 41.7 cm³/mol. The molecule has 5 nitrogen and oxygen atoms in total. The standard InChI is InChI=1S/C8H4F2O5/c9-5-2(11)1-3(12)6(10)4(5)7(13)8(14)15/h1,11-12H,(H,14,15). The number of aliphatic carboxylic acids is 1. The van der Waals surface area contributed by atoms with Gasteiger partial charge in [-0.3, -0.25) is 4.79 Å². The molecule has 0 aliphatic rings. The van der Waals surface area contributed by atoms with Crippen LogP contribution >= 0.6 is 0 Å². The quantitative estimate of drug-likeness (QED) is 0.500. The number of benzene rings is 1. The number of rotatable bonds is 2. The first kappa shape index (κ1) is 10.9. The average Bonchev–Trinajstić information content (AvgIpc) is 2.15. The van der Waals surface area contributed by atoms with Gasteiger partial charge in [0.15, 0.2) is 23.1 Å². The van der Waals surface area contributed by atoms with Crippen LogP contribution in [0.3, 0.4) is 0 Å². The zero-order valence-electron chi connectivity index (χ0n) is 6.99. The van der Waals surface area contributed by atoms with Gasteiger partial charge < -0.3 is 15.3 Å². The summed E-state index contributed by atoms with van der Waals surface area (Å²) >= 11 is 0. The van der Waals surface area contributed by atoms with E-state index in [1.54, 1.807) is 0 Å². The molecule has 0 fully saturated rings. The third-order valence-electron chi connectivity index (χ3n) is 1.58. The van der Waals surface area contributed by atoms with Crippen LogP contribution in [0.4, 0.5) is 8.78 Å². The fourth-order valence-corrected chi connectivity index (χ4v) is 0.915. The number of carbonyl (C=O) groups is 2. The average molecular weight is 218 g/mol. The van der Waals surface area contributed by atoms with Crippen molar-refractivity contribution in [3.8, 4) is 11.5 Å². The molecule has 0 aromatic heterocycles. The van der Waals surface area contributed by atoms with Crippen molar-refractivity contribution in [3.63, 3.8) is 0 Å². The third kappa shape index (κ3) is 1.71. The number of ketones is 1. The molecule has 1 aromatic rings. The Hall–Kier alpha value is -2.18. The van der Waals surface area contributed by atoms with Gasteiger partial charge in [-0.05, 0) is 0 Å². The molecule has 0 amide bonds. The zero-order chi connectivity index (χ0) is 11.7. The summed E-state index contributed by atoms with van der Waals surface area (Å²) in [4.78, 5) is 21.0. The lowest BCUT2D eigenvalue weighted by atomic mass is 10.1. The second kappa shape index (κ2) is 3.52. The molecule has 0 saturated carbocycles. The zero-order valence-corrected chi connectivity index (χ0v) is 6.99. The first-order chi connectivity index (χ1) is 6.86. The van der Waals surface area contributed by atoms with E-state index >= 15 is 0 Å². The molecule has 0 aliphatic carbocycles. The highest BCUT2D eigenvalue weighted by Gasteiger charge is 2.28. The Morgan fingerprint density at radius 3 is 1.80 bits per heavy atom. The van der Waals surface area contributed by atoms with Crippen molar-refractivity contribution in [2.24, 2.45) is 0 Å². The monoisotopic (exact) mass is 218 g/mol. The summed E-state index contributed by atoms with van der Waals surface area (Å²) < 4.78 is 25.9. The number of halogens is 2. The van der Waals surface area contributed by atoms with Gasteiger partial charge >= 0.3 is 5.97 Å². The van der Waals surface area contributed by atoms with Crippen LogP contribution in [0, 0.1) is 11.6 Å². The minimum absolute atomic E-state index is 0.323. The number of phenols is 2. The van der Waals surface area contributed by atoms with Gasteiger partial charge in [0, 0.05) is 6.07 Å².